The zero-order valence-corrected chi connectivity index (χ0v) is 19.2. The lowest BCUT2D eigenvalue weighted by Crippen LogP contribution is -2.37. The molecule has 0 amide bonds. The normalized spacial score (nSPS) is 21.7. The molecule has 2 atom stereocenters. The number of likely N-dealkylation sites (tertiary alicyclic amines) is 1. The highest BCUT2D eigenvalue weighted by Crippen LogP contribution is 2.45. The minimum atomic E-state index is -0.408. The first-order chi connectivity index (χ1) is 13.0. The van der Waals surface area contributed by atoms with Gasteiger partial charge in [-0.3, -0.25) is 4.79 Å². The molecular weight excluding hydrogens is 510 g/mol. The predicted octanol–water partition coefficient (Wildman–Crippen LogP) is 6.01. The second-order valence-corrected chi connectivity index (χ2v) is 10.1. The second kappa shape index (κ2) is 8.23. The van der Waals surface area contributed by atoms with E-state index in [9.17, 15) is 4.79 Å². The number of benzene rings is 2. The molecule has 2 aliphatic rings. The summed E-state index contributed by atoms with van der Waals surface area (Å²) in [5.41, 5.74) is 1.57. The van der Waals surface area contributed by atoms with Gasteiger partial charge >= 0.3 is 0 Å². The molecule has 0 radical (unpaired) electrons. The number of ether oxygens (including phenoxy) is 1. The van der Waals surface area contributed by atoms with Crippen molar-refractivity contribution in [3.05, 3.63) is 62.5 Å². The number of thiocarbonyl (C=S) groups is 1. The highest BCUT2D eigenvalue weighted by molar-refractivity contribution is 9.11. The number of hydrogen-bond donors (Lipinski definition) is 0. The fraction of sp³-hybridized carbons (Fsp3) is 0.300. The molecule has 0 spiro atoms. The van der Waals surface area contributed by atoms with E-state index < -0.39 is 5.25 Å². The zero-order chi connectivity index (χ0) is 19.0. The van der Waals surface area contributed by atoms with Crippen LogP contribution in [0.2, 0.25) is 0 Å². The number of thioether (sulfide) groups is 1. The van der Waals surface area contributed by atoms with E-state index in [0.29, 0.717) is 11.3 Å². The molecule has 2 heterocycles. The highest BCUT2D eigenvalue weighted by Gasteiger charge is 2.41. The van der Waals surface area contributed by atoms with E-state index in [1.165, 1.54) is 11.8 Å². The maximum absolute atomic E-state index is 13.4. The van der Waals surface area contributed by atoms with Gasteiger partial charge in [-0.15, -0.1) is 0 Å². The van der Waals surface area contributed by atoms with Crippen molar-refractivity contribution in [2.75, 3.05) is 13.1 Å². The summed E-state index contributed by atoms with van der Waals surface area (Å²) in [4.78, 5) is 15.6. The molecule has 7 heteroatoms. The van der Waals surface area contributed by atoms with Crippen molar-refractivity contribution >= 4 is 65.9 Å². The van der Waals surface area contributed by atoms with Crippen molar-refractivity contribution in [1.29, 1.82) is 0 Å². The zero-order valence-electron chi connectivity index (χ0n) is 14.4. The van der Waals surface area contributed by atoms with E-state index >= 15 is 0 Å². The second-order valence-electron chi connectivity index (χ2n) is 6.58. The van der Waals surface area contributed by atoms with Crippen molar-refractivity contribution in [3.8, 4) is 5.75 Å². The van der Waals surface area contributed by atoms with Crippen LogP contribution in [0.15, 0.2) is 51.4 Å². The number of carbonyl (C=O) groups is 1. The summed E-state index contributed by atoms with van der Waals surface area (Å²) in [6.45, 7) is 1.94. The number of hydrogen-bond acceptors (Lipinski definition) is 4. The molecule has 4 rings (SSSR count). The van der Waals surface area contributed by atoms with Gasteiger partial charge in [0.1, 0.15) is 21.4 Å². The summed E-state index contributed by atoms with van der Waals surface area (Å²) in [5, 5.41) is -0.408. The molecule has 1 fully saturated rings. The first-order valence-corrected chi connectivity index (χ1v) is 11.6. The summed E-state index contributed by atoms with van der Waals surface area (Å²) in [6.07, 6.45) is 1.93. The van der Waals surface area contributed by atoms with Crippen LogP contribution in [-0.4, -0.2) is 33.3 Å². The Bertz CT molecular complexity index is 885. The van der Waals surface area contributed by atoms with Gasteiger partial charge in [0.05, 0.1) is 10.0 Å². The van der Waals surface area contributed by atoms with Crippen molar-refractivity contribution < 1.29 is 9.53 Å². The maximum Gasteiger partial charge on any atom is 0.184 e. The number of carbonyl (C=O) groups excluding carboxylic acids is 1. The topological polar surface area (TPSA) is 29.5 Å². The summed E-state index contributed by atoms with van der Waals surface area (Å²) < 4.78 is 8.76. The Morgan fingerprint density at radius 3 is 2.56 bits per heavy atom. The van der Waals surface area contributed by atoms with Crippen molar-refractivity contribution in [3.63, 3.8) is 0 Å². The molecule has 0 aromatic heterocycles. The van der Waals surface area contributed by atoms with Crippen LogP contribution in [0.4, 0.5) is 0 Å². The molecule has 2 aromatic carbocycles. The summed E-state index contributed by atoms with van der Waals surface area (Å²) in [6, 6.07) is 13.6. The molecule has 2 aromatic rings. The van der Waals surface area contributed by atoms with Crippen LogP contribution < -0.4 is 4.74 Å². The lowest BCUT2D eigenvalue weighted by atomic mass is 9.96. The minimum Gasteiger partial charge on any atom is -0.482 e. The largest absolute Gasteiger partial charge is 0.482 e. The number of rotatable bonds is 2. The fourth-order valence-corrected chi connectivity index (χ4v) is 6.36. The van der Waals surface area contributed by atoms with E-state index in [-0.39, 0.29) is 11.9 Å². The Morgan fingerprint density at radius 1 is 1.15 bits per heavy atom. The van der Waals surface area contributed by atoms with Gasteiger partial charge in [-0.1, -0.05) is 70.2 Å². The van der Waals surface area contributed by atoms with E-state index in [2.05, 4.69) is 36.8 Å². The van der Waals surface area contributed by atoms with E-state index in [1.54, 1.807) is 0 Å². The molecule has 0 aliphatic carbocycles. The number of nitrogens with zero attached hydrogens (tertiary/aromatic N) is 1. The monoisotopic (exact) mass is 525 g/mol. The Morgan fingerprint density at radius 2 is 1.85 bits per heavy atom. The van der Waals surface area contributed by atoms with Crippen LogP contribution in [-0.2, 0) is 0 Å². The minimum absolute atomic E-state index is 0.0543. The Balaban J connectivity index is 1.72. The van der Waals surface area contributed by atoms with Crippen LogP contribution in [0.1, 0.15) is 34.9 Å². The summed E-state index contributed by atoms with van der Waals surface area (Å²) in [5.74, 6) is 0.652. The van der Waals surface area contributed by atoms with Crippen LogP contribution in [0.25, 0.3) is 0 Å². The Kier molecular flexibility index (Phi) is 5.92. The average Bonchev–Trinajstić information content (AvgIpc) is 3.20. The molecular formula is C20H17Br2NO2S2. The van der Waals surface area contributed by atoms with Gasteiger partial charge in [-0.05, 0) is 46.5 Å². The highest BCUT2D eigenvalue weighted by atomic mass is 79.9. The van der Waals surface area contributed by atoms with Gasteiger partial charge in [0.25, 0.3) is 0 Å². The number of halogens is 2. The SMILES string of the molecule is O=C1c2cc(Br)cc(Br)c2O[C@H](c2ccccc2)[C@H]1SC(=S)N1CCCC1. The lowest BCUT2D eigenvalue weighted by molar-refractivity contribution is 0.0866. The van der Waals surface area contributed by atoms with Crippen molar-refractivity contribution in [1.82, 2.24) is 4.90 Å². The molecule has 0 bridgehead atoms. The van der Waals surface area contributed by atoms with Crippen LogP contribution in [0.3, 0.4) is 0 Å². The van der Waals surface area contributed by atoms with Gasteiger partial charge < -0.3 is 9.64 Å². The van der Waals surface area contributed by atoms with Gasteiger partial charge in [-0.2, -0.15) is 0 Å². The fourth-order valence-electron chi connectivity index (χ4n) is 3.43. The molecule has 2 aliphatic heterocycles. The standard InChI is InChI=1S/C20H17Br2NO2S2/c21-13-10-14-16(24)19(27-20(26)23-8-4-5-9-23)17(12-6-2-1-3-7-12)25-18(14)15(22)11-13/h1-3,6-7,10-11,17,19H,4-5,8-9H2/t17-,19+/m1/s1. The predicted molar refractivity (Wildman–Crippen MR) is 121 cm³/mol. The van der Waals surface area contributed by atoms with Gasteiger partial charge in [0.2, 0.25) is 0 Å². The van der Waals surface area contributed by atoms with E-state index in [4.69, 9.17) is 17.0 Å². The van der Waals surface area contributed by atoms with E-state index in [1.807, 2.05) is 42.5 Å². The van der Waals surface area contributed by atoms with Gasteiger partial charge in [0, 0.05) is 17.6 Å². The van der Waals surface area contributed by atoms with Gasteiger partial charge in [-0.25, -0.2) is 0 Å². The summed E-state index contributed by atoms with van der Waals surface area (Å²) in [7, 11) is 0. The Hall–Kier alpha value is -0.890. The number of ketones is 1. The molecule has 1 saturated heterocycles. The van der Waals surface area contributed by atoms with E-state index in [0.717, 1.165) is 44.8 Å². The Labute approximate surface area is 185 Å². The molecule has 0 N–H and O–H groups in total. The average molecular weight is 527 g/mol. The van der Waals surface area contributed by atoms with Gasteiger partial charge in [0.15, 0.2) is 5.78 Å². The molecule has 27 heavy (non-hydrogen) atoms. The van der Waals surface area contributed by atoms with Crippen LogP contribution in [0.5, 0.6) is 5.75 Å². The first-order valence-electron chi connectivity index (χ1n) is 8.75. The van der Waals surface area contributed by atoms with Crippen molar-refractivity contribution in [2.45, 2.75) is 24.2 Å². The molecule has 0 unspecified atom stereocenters. The van der Waals surface area contributed by atoms with Crippen LogP contribution in [0, 0.1) is 0 Å². The number of Topliss-reactive ketones (excluding diaryl/α,β-unsaturated/α-hetero) is 1. The maximum atomic E-state index is 13.4. The van der Waals surface area contributed by atoms with Crippen molar-refractivity contribution in [2.24, 2.45) is 0 Å². The molecule has 0 saturated carbocycles. The molecule has 140 valence electrons. The third kappa shape index (κ3) is 3.97. The molecule has 3 nitrogen and oxygen atoms in total. The third-order valence-electron chi connectivity index (χ3n) is 4.77. The lowest BCUT2D eigenvalue weighted by Gasteiger charge is -2.34. The quantitative estimate of drug-likeness (QED) is 0.447. The number of fused-ring (bicyclic) bond motifs is 1. The smallest absolute Gasteiger partial charge is 0.184 e. The summed E-state index contributed by atoms with van der Waals surface area (Å²) >= 11 is 14.1. The third-order valence-corrected chi connectivity index (χ3v) is 7.54. The van der Waals surface area contributed by atoms with Crippen LogP contribution >= 0.6 is 55.8 Å². The first kappa shape index (κ1) is 19.4.